The standard InChI is InChI=1S/C16H18N2O/c1-10-6-4-5-7-13(10)16(19)18-15-9-14(17)11(2)8-12(15)3/h4-9H,17H2,1-3H3,(H,18,19). The molecule has 0 heterocycles. The minimum Gasteiger partial charge on any atom is -0.398 e. The number of nitrogens with one attached hydrogen (secondary N) is 1. The summed E-state index contributed by atoms with van der Waals surface area (Å²) >= 11 is 0. The van der Waals surface area contributed by atoms with Gasteiger partial charge < -0.3 is 11.1 Å². The number of anilines is 2. The molecule has 0 aliphatic rings. The summed E-state index contributed by atoms with van der Waals surface area (Å²) in [6.45, 7) is 5.83. The fourth-order valence-corrected chi connectivity index (χ4v) is 2.02. The predicted octanol–water partition coefficient (Wildman–Crippen LogP) is 3.45. The number of rotatable bonds is 2. The van der Waals surface area contributed by atoms with E-state index < -0.39 is 0 Å². The number of nitrogen functional groups attached to an aromatic ring is 1. The number of hydrogen-bond acceptors (Lipinski definition) is 2. The van der Waals surface area contributed by atoms with E-state index in [2.05, 4.69) is 5.32 Å². The van der Waals surface area contributed by atoms with Crippen LogP contribution in [0.15, 0.2) is 36.4 Å². The Morgan fingerprint density at radius 2 is 1.68 bits per heavy atom. The zero-order valence-corrected chi connectivity index (χ0v) is 11.4. The van der Waals surface area contributed by atoms with Crippen LogP contribution < -0.4 is 11.1 Å². The van der Waals surface area contributed by atoms with Crippen molar-refractivity contribution in [1.29, 1.82) is 0 Å². The van der Waals surface area contributed by atoms with Gasteiger partial charge in [0.2, 0.25) is 0 Å². The van der Waals surface area contributed by atoms with E-state index in [-0.39, 0.29) is 5.91 Å². The molecule has 0 unspecified atom stereocenters. The smallest absolute Gasteiger partial charge is 0.255 e. The van der Waals surface area contributed by atoms with Crippen molar-refractivity contribution in [3.05, 3.63) is 58.7 Å². The van der Waals surface area contributed by atoms with Crippen LogP contribution >= 0.6 is 0 Å². The van der Waals surface area contributed by atoms with Crippen LogP contribution in [0, 0.1) is 20.8 Å². The molecule has 2 aromatic carbocycles. The minimum atomic E-state index is -0.107. The highest BCUT2D eigenvalue weighted by molar-refractivity contribution is 6.05. The molecule has 3 nitrogen and oxygen atoms in total. The highest BCUT2D eigenvalue weighted by atomic mass is 16.1. The van der Waals surface area contributed by atoms with Crippen LogP contribution in [0.2, 0.25) is 0 Å². The number of hydrogen-bond donors (Lipinski definition) is 2. The van der Waals surface area contributed by atoms with Crippen molar-refractivity contribution in [1.82, 2.24) is 0 Å². The predicted molar refractivity (Wildman–Crippen MR) is 79.5 cm³/mol. The van der Waals surface area contributed by atoms with Gasteiger partial charge in [0.25, 0.3) is 5.91 Å². The molecule has 3 heteroatoms. The summed E-state index contributed by atoms with van der Waals surface area (Å²) in [6, 6.07) is 11.3. The number of amides is 1. The maximum atomic E-state index is 12.2. The molecule has 0 aliphatic heterocycles. The first-order chi connectivity index (χ1) is 8.99. The van der Waals surface area contributed by atoms with Gasteiger partial charge in [-0.1, -0.05) is 24.3 Å². The van der Waals surface area contributed by atoms with E-state index in [1.807, 2.05) is 51.1 Å². The van der Waals surface area contributed by atoms with Crippen molar-refractivity contribution in [2.45, 2.75) is 20.8 Å². The number of nitrogens with two attached hydrogens (primary N) is 1. The Labute approximate surface area is 113 Å². The number of aryl methyl sites for hydroxylation is 3. The van der Waals surface area contributed by atoms with Gasteiger partial charge in [0.05, 0.1) is 0 Å². The highest BCUT2D eigenvalue weighted by Crippen LogP contribution is 2.23. The quantitative estimate of drug-likeness (QED) is 0.806. The first-order valence-electron chi connectivity index (χ1n) is 6.22. The van der Waals surface area contributed by atoms with Crippen molar-refractivity contribution in [2.24, 2.45) is 0 Å². The molecule has 0 radical (unpaired) electrons. The summed E-state index contributed by atoms with van der Waals surface area (Å²) in [5.74, 6) is -0.107. The first kappa shape index (κ1) is 13.1. The lowest BCUT2D eigenvalue weighted by Crippen LogP contribution is -2.14. The molecule has 19 heavy (non-hydrogen) atoms. The average molecular weight is 254 g/mol. The molecule has 0 fully saturated rings. The Bertz CT molecular complexity index is 633. The minimum absolute atomic E-state index is 0.107. The summed E-state index contributed by atoms with van der Waals surface area (Å²) < 4.78 is 0. The van der Waals surface area contributed by atoms with Crippen LogP contribution in [0.1, 0.15) is 27.0 Å². The van der Waals surface area contributed by atoms with Crippen LogP contribution in [0.25, 0.3) is 0 Å². The van der Waals surface area contributed by atoms with Crippen LogP contribution in [0.3, 0.4) is 0 Å². The molecule has 0 bridgehead atoms. The second-order valence-corrected chi connectivity index (χ2v) is 4.79. The maximum Gasteiger partial charge on any atom is 0.255 e. The Kier molecular flexibility index (Phi) is 3.56. The van der Waals surface area contributed by atoms with Gasteiger partial charge in [0.15, 0.2) is 0 Å². The molecule has 2 aromatic rings. The van der Waals surface area contributed by atoms with E-state index in [1.54, 1.807) is 6.07 Å². The fourth-order valence-electron chi connectivity index (χ4n) is 2.02. The van der Waals surface area contributed by atoms with Gasteiger partial charge in [-0.3, -0.25) is 4.79 Å². The summed E-state index contributed by atoms with van der Waals surface area (Å²) in [5, 5.41) is 2.92. The van der Waals surface area contributed by atoms with Gasteiger partial charge in [-0.2, -0.15) is 0 Å². The third kappa shape index (κ3) is 2.76. The Hall–Kier alpha value is -2.29. The molecule has 0 aliphatic carbocycles. The van der Waals surface area contributed by atoms with E-state index in [9.17, 15) is 4.79 Å². The van der Waals surface area contributed by atoms with Crippen molar-refractivity contribution in [2.75, 3.05) is 11.1 Å². The molecule has 0 saturated heterocycles. The molecule has 2 rings (SSSR count). The van der Waals surface area contributed by atoms with E-state index in [0.29, 0.717) is 11.3 Å². The fraction of sp³-hybridized carbons (Fsp3) is 0.188. The normalized spacial score (nSPS) is 10.3. The topological polar surface area (TPSA) is 55.1 Å². The zero-order valence-electron chi connectivity index (χ0n) is 11.4. The number of carbonyl (C=O) groups excluding carboxylic acids is 1. The second kappa shape index (κ2) is 5.14. The largest absolute Gasteiger partial charge is 0.398 e. The van der Waals surface area contributed by atoms with E-state index >= 15 is 0 Å². The van der Waals surface area contributed by atoms with Crippen LogP contribution in [0.4, 0.5) is 11.4 Å². The third-order valence-electron chi connectivity index (χ3n) is 3.25. The van der Waals surface area contributed by atoms with Crippen molar-refractivity contribution in [3.8, 4) is 0 Å². The molecule has 0 atom stereocenters. The van der Waals surface area contributed by atoms with Gasteiger partial charge >= 0.3 is 0 Å². The molecule has 0 spiro atoms. The maximum absolute atomic E-state index is 12.2. The summed E-state index contributed by atoms with van der Waals surface area (Å²) in [5.41, 5.74) is 11.0. The lowest BCUT2D eigenvalue weighted by Gasteiger charge is -2.12. The monoisotopic (exact) mass is 254 g/mol. The number of carbonyl (C=O) groups is 1. The van der Waals surface area contributed by atoms with Gasteiger partial charge in [-0.15, -0.1) is 0 Å². The van der Waals surface area contributed by atoms with Crippen LogP contribution in [-0.4, -0.2) is 5.91 Å². The summed E-state index contributed by atoms with van der Waals surface area (Å²) in [4.78, 5) is 12.2. The van der Waals surface area contributed by atoms with Gasteiger partial charge in [-0.25, -0.2) is 0 Å². The van der Waals surface area contributed by atoms with Gasteiger partial charge in [-0.05, 0) is 49.6 Å². The molecule has 1 amide bonds. The highest BCUT2D eigenvalue weighted by Gasteiger charge is 2.10. The lowest BCUT2D eigenvalue weighted by molar-refractivity contribution is 0.102. The molecular formula is C16H18N2O. The zero-order chi connectivity index (χ0) is 14.0. The van der Waals surface area contributed by atoms with Gasteiger partial charge in [0, 0.05) is 16.9 Å². The third-order valence-corrected chi connectivity index (χ3v) is 3.25. The van der Waals surface area contributed by atoms with E-state index in [4.69, 9.17) is 5.73 Å². The van der Waals surface area contributed by atoms with E-state index in [1.165, 1.54) is 0 Å². The summed E-state index contributed by atoms with van der Waals surface area (Å²) in [6.07, 6.45) is 0. The average Bonchev–Trinajstić information content (AvgIpc) is 2.36. The lowest BCUT2D eigenvalue weighted by atomic mass is 10.1. The molecule has 3 N–H and O–H groups in total. The Morgan fingerprint density at radius 3 is 2.37 bits per heavy atom. The van der Waals surface area contributed by atoms with Crippen molar-refractivity contribution >= 4 is 17.3 Å². The molecule has 0 saturated carbocycles. The van der Waals surface area contributed by atoms with Crippen LogP contribution in [-0.2, 0) is 0 Å². The van der Waals surface area contributed by atoms with Crippen LogP contribution in [0.5, 0.6) is 0 Å². The SMILES string of the molecule is Cc1cc(C)c(NC(=O)c2ccccc2C)cc1N. The van der Waals surface area contributed by atoms with E-state index in [0.717, 1.165) is 22.4 Å². The van der Waals surface area contributed by atoms with Gasteiger partial charge in [0.1, 0.15) is 0 Å². The Morgan fingerprint density at radius 1 is 1.00 bits per heavy atom. The van der Waals surface area contributed by atoms with Crippen molar-refractivity contribution < 1.29 is 4.79 Å². The second-order valence-electron chi connectivity index (χ2n) is 4.79. The van der Waals surface area contributed by atoms with Crippen molar-refractivity contribution in [3.63, 3.8) is 0 Å². The summed E-state index contributed by atoms with van der Waals surface area (Å²) in [7, 11) is 0. The number of benzene rings is 2. The molecular weight excluding hydrogens is 236 g/mol. The molecule has 98 valence electrons. The molecule has 0 aromatic heterocycles. The first-order valence-corrected chi connectivity index (χ1v) is 6.22. The Balaban J connectivity index is 2.30.